The zero-order chi connectivity index (χ0) is 13.7. The van der Waals surface area contributed by atoms with Crippen molar-refractivity contribution in [3.63, 3.8) is 0 Å². The van der Waals surface area contributed by atoms with Gasteiger partial charge in [0.05, 0.1) is 6.04 Å². The Morgan fingerprint density at radius 1 is 1.15 bits per heavy atom. The third kappa shape index (κ3) is 1.78. The van der Waals surface area contributed by atoms with Gasteiger partial charge in [0.15, 0.2) is 0 Å². The molecule has 5 N–H and O–H groups in total. The number of nitrogens with zero attached hydrogens (tertiary/aromatic N) is 1. The van der Waals surface area contributed by atoms with Crippen molar-refractivity contribution in [2.75, 3.05) is 5.73 Å². The molecule has 108 valence electrons. The second-order valence-electron chi connectivity index (χ2n) is 7.36. The molecule has 20 heavy (non-hydrogen) atoms. The largest absolute Gasteiger partial charge is 0.383 e. The lowest BCUT2D eigenvalue weighted by Gasteiger charge is -2.59. The molecule has 4 bridgehead atoms. The first-order valence-corrected chi connectivity index (χ1v) is 7.87. The van der Waals surface area contributed by atoms with Crippen LogP contribution >= 0.6 is 0 Å². The minimum absolute atomic E-state index is 0.157. The van der Waals surface area contributed by atoms with Gasteiger partial charge in [-0.2, -0.15) is 0 Å². The first-order valence-electron chi connectivity index (χ1n) is 7.87. The van der Waals surface area contributed by atoms with E-state index in [1.807, 2.05) is 6.07 Å². The first-order chi connectivity index (χ1) is 9.70. The molecule has 0 aliphatic heterocycles. The van der Waals surface area contributed by atoms with Crippen LogP contribution in [0.5, 0.6) is 0 Å². The number of pyridine rings is 1. The van der Waals surface area contributed by atoms with Crippen LogP contribution in [0.1, 0.15) is 50.1 Å². The van der Waals surface area contributed by atoms with Gasteiger partial charge in [0, 0.05) is 11.8 Å². The smallest absolute Gasteiger partial charge is 0.128 e. The van der Waals surface area contributed by atoms with Gasteiger partial charge in [-0.3, -0.25) is 11.3 Å². The predicted molar refractivity (Wildman–Crippen MR) is 79.3 cm³/mol. The molecule has 4 nitrogen and oxygen atoms in total. The maximum Gasteiger partial charge on any atom is 0.128 e. The summed E-state index contributed by atoms with van der Waals surface area (Å²) < 4.78 is 0. The molecule has 1 unspecified atom stereocenters. The summed E-state index contributed by atoms with van der Waals surface area (Å²) >= 11 is 0. The Bertz CT molecular complexity index is 478. The summed E-state index contributed by atoms with van der Waals surface area (Å²) in [4.78, 5) is 4.26. The Labute approximate surface area is 120 Å². The third-order valence-electron chi connectivity index (χ3n) is 6.05. The van der Waals surface area contributed by atoms with Crippen molar-refractivity contribution in [3.05, 3.63) is 23.9 Å². The number of hydrogen-bond donors (Lipinski definition) is 3. The molecule has 1 aromatic heterocycles. The lowest BCUT2D eigenvalue weighted by atomic mass is 9.47. The average molecular weight is 272 g/mol. The molecule has 0 spiro atoms. The maximum atomic E-state index is 6.11. The van der Waals surface area contributed by atoms with Crippen molar-refractivity contribution in [2.45, 2.75) is 44.6 Å². The van der Waals surface area contributed by atoms with Crippen molar-refractivity contribution in [2.24, 2.45) is 29.0 Å². The fourth-order valence-electron chi connectivity index (χ4n) is 5.80. The maximum absolute atomic E-state index is 6.11. The van der Waals surface area contributed by atoms with Gasteiger partial charge in [0.25, 0.3) is 0 Å². The Kier molecular flexibility index (Phi) is 2.79. The molecule has 4 fully saturated rings. The quantitative estimate of drug-likeness (QED) is 0.583. The molecule has 4 aliphatic carbocycles. The standard InChI is InChI=1S/C16H24N4/c17-15-13(2-1-3-19-15)14(20-18)16-7-10-4-11(8-16)6-12(5-10)9-16/h1-3,10-12,14,20H,4-9,18H2,(H2,17,19). The number of nitrogens with two attached hydrogens (primary N) is 2. The number of hydrazine groups is 1. The van der Waals surface area contributed by atoms with E-state index in [2.05, 4.69) is 16.5 Å². The number of rotatable bonds is 3. The number of anilines is 1. The number of nitrogens with one attached hydrogen (secondary N) is 1. The van der Waals surface area contributed by atoms with Gasteiger partial charge in [0.2, 0.25) is 0 Å². The second-order valence-corrected chi connectivity index (χ2v) is 7.36. The number of aromatic nitrogens is 1. The van der Waals surface area contributed by atoms with Gasteiger partial charge in [-0.25, -0.2) is 4.98 Å². The Morgan fingerprint density at radius 2 is 1.75 bits per heavy atom. The normalized spacial score (nSPS) is 40.0. The van der Waals surface area contributed by atoms with Crippen molar-refractivity contribution in [1.82, 2.24) is 10.4 Å². The Balaban J connectivity index is 1.73. The van der Waals surface area contributed by atoms with Crippen LogP contribution in [-0.4, -0.2) is 4.98 Å². The van der Waals surface area contributed by atoms with Crippen LogP contribution in [0.25, 0.3) is 0 Å². The predicted octanol–water partition coefficient (Wildman–Crippen LogP) is 2.38. The zero-order valence-corrected chi connectivity index (χ0v) is 11.9. The van der Waals surface area contributed by atoms with Crippen molar-refractivity contribution in [1.29, 1.82) is 0 Å². The van der Waals surface area contributed by atoms with Gasteiger partial charge < -0.3 is 5.73 Å². The molecule has 1 aromatic rings. The summed E-state index contributed by atoms with van der Waals surface area (Å²) in [5, 5.41) is 0. The Morgan fingerprint density at radius 3 is 2.25 bits per heavy atom. The van der Waals surface area contributed by atoms with Gasteiger partial charge >= 0.3 is 0 Å². The number of hydrogen-bond acceptors (Lipinski definition) is 4. The summed E-state index contributed by atoms with van der Waals surface area (Å²) in [5.74, 6) is 9.33. The number of nitrogen functional groups attached to an aromatic ring is 1. The van der Waals surface area contributed by atoms with Crippen LogP contribution in [0.15, 0.2) is 18.3 Å². The van der Waals surface area contributed by atoms with E-state index in [1.54, 1.807) is 6.20 Å². The van der Waals surface area contributed by atoms with Gasteiger partial charge in [-0.05, 0) is 67.8 Å². The van der Waals surface area contributed by atoms with Crippen molar-refractivity contribution in [3.8, 4) is 0 Å². The summed E-state index contributed by atoms with van der Waals surface area (Å²) in [6, 6.07) is 4.21. The zero-order valence-electron chi connectivity index (χ0n) is 11.9. The molecule has 4 aliphatic rings. The highest BCUT2D eigenvalue weighted by molar-refractivity contribution is 5.42. The molecule has 4 heteroatoms. The molecular weight excluding hydrogens is 248 g/mol. The van der Waals surface area contributed by atoms with E-state index in [1.165, 1.54) is 38.5 Å². The second kappa shape index (κ2) is 4.43. The molecule has 1 heterocycles. The molecule has 0 amide bonds. The summed E-state index contributed by atoms with van der Waals surface area (Å²) in [6.45, 7) is 0. The van der Waals surface area contributed by atoms with E-state index >= 15 is 0 Å². The summed E-state index contributed by atoms with van der Waals surface area (Å²) in [5.41, 5.74) is 10.6. The minimum atomic E-state index is 0.157. The summed E-state index contributed by atoms with van der Waals surface area (Å²) in [7, 11) is 0. The molecule has 0 aromatic carbocycles. The fraction of sp³-hybridized carbons (Fsp3) is 0.688. The van der Waals surface area contributed by atoms with E-state index in [4.69, 9.17) is 11.6 Å². The lowest BCUT2D eigenvalue weighted by molar-refractivity contribution is -0.0748. The molecular formula is C16H24N4. The van der Waals surface area contributed by atoms with Crippen molar-refractivity contribution < 1.29 is 0 Å². The Hall–Kier alpha value is -1.13. The SMILES string of the molecule is NNC(c1cccnc1N)C12CC3CC(CC(C3)C1)C2. The topological polar surface area (TPSA) is 77.0 Å². The summed E-state index contributed by atoms with van der Waals surface area (Å²) in [6.07, 6.45) is 10.0. The van der Waals surface area contributed by atoms with Gasteiger partial charge in [-0.1, -0.05) is 6.07 Å². The highest BCUT2D eigenvalue weighted by Crippen LogP contribution is 2.64. The van der Waals surface area contributed by atoms with E-state index in [-0.39, 0.29) is 6.04 Å². The van der Waals surface area contributed by atoms with Crippen LogP contribution in [-0.2, 0) is 0 Å². The van der Waals surface area contributed by atoms with Crippen LogP contribution in [0.4, 0.5) is 5.82 Å². The lowest BCUT2D eigenvalue weighted by Crippen LogP contribution is -2.53. The van der Waals surface area contributed by atoms with E-state index < -0.39 is 0 Å². The van der Waals surface area contributed by atoms with E-state index in [0.29, 0.717) is 11.2 Å². The molecule has 4 saturated carbocycles. The third-order valence-corrected chi connectivity index (χ3v) is 6.05. The monoisotopic (exact) mass is 272 g/mol. The van der Waals surface area contributed by atoms with Crippen LogP contribution in [0, 0.1) is 23.2 Å². The highest BCUT2D eigenvalue weighted by Gasteiger charge is 2.54. The van der Waals surface area contributed by atoms with Crippen molar-refractivity contribution >= 4 is 5.82 Å². The van der Waals surface area contributed by atoms with Crippen LogP contribution in [0.3, 0.4) is 0 Å². The van der Waals surface area contributed by atoms with Crippen LogP contribution < -0.4 is 17.0 Å². The van der Waals surface area contributed by atoms with E-state index in [0.717, 1.165) is 23.3 Å². The average Bonchev–Trinajstić information content (AvgIpc) is 2.40. The molecule has 0 radical (unpaired) electrons. The molecule has 1 atom stereocenters. The van der Waals surface area contributed by atoms with Gasteiger partial charge in [0.1, 0.15) is 5.82 Å². The highest BCUT2D eigenvalue weighted by atomic mass is 15.2. The molecule has 0 saturated heterocycles. The fourth-order valence-corrected chi connectivity index (χ4v) is 5.80. The first kappa shape index (κ1) is 12.6. The minimum Gasteiger partial charge on any atom is -0.383 e. The van der Waals surface area contributed by atoms with Crippen LogP contribution in [0.2, 0.25) is 0 Å². The van der Waals surface area contributed by atoms with E-state index in [9.17, 15) is 0 Å². The van der Waals surface area contributed by atoms with Gasteiger partial charge in [-0.15, -0.1) is 0 Å². The molecule has 5 rings (SSSR count).